The number of hydrogen-bond acceptors (Lipinski definition) is 3. The monoisotopic (exact) mass is 244 g/mol. The predicted octanol–water partition coefficient (Wildman–Crippen LogP) is 1.27. The Hall–Kier alpha value is -2.30. The van der Waals surface area contributed by atoms with Crippen LogP contribution in [0.15, 0.2) is 36.7 Å². The van der Waals surface area contributed by atoms with Gasteiger partial charge in [-0.15, -0.1) is 0 Å². The summed E-state index contributed by atoms with van der Waals surface area (Å²) in [6, 6.07) is 7.07. The van der Waals surface area contributed by atoms with E-state index in [1.807, 2.05) is 23.9 Å². The summed E-state index contributed by atoms with van der Waals surface area (Å²) in [5.41, 5.74) is 6.81. The van der Waals surface area contributed by atoms with E-state index in [0.29, 0.717) is 17.8 Å². The van der Waals surface area contributed by atoms with Crippen LogP contribution in [0.5, 0.6) is 0 Å². The van der Waals surface area contributed by atoms with Crippen molar-refractivity contribution in [2.24, 2.45) is 7.05 Å². The molecule has 0 fully saturated rings. The number of nitrogens with two attached hydrogens (primary N) is 1. The molecule has 0 atom stereocenters. The van der Waals surface area contributed by atoms with Crippen LogP contribution in [0.1, 0.15) is 16.2 Å². The van der Waals surface area contributed by atoms with E-state index in [0.717, 1.165) is 5.82 Å². The van der Waals surface area contributed by atoms with Gasteiger partial charge in [0.05, 0.1) is 12.1 Å². The topological polar surface area (TPSA) is 64.2 Å². The summed E-state index contributed by atoms with van der Waals surface area (Å²) in [6.45, 7) is 0.455. The molecule has 0 saturated carbocycles. The third-order valence-electron chi connectivity index (χ3n) is 2.84. The summed E-state index contributed by atoms with van der Waals surface area (Å²) in [5.74, 6) is 0.733. The van der Waals surface area contributed by atoms with Gasteiger partial charge in [-0.25, -0.2) is 4.98 Å². The van der Waals surface area contributed by atoms with Crippen LogP contribution in [0.3, 0.4) is 0 Å². The minimum absolute atomic E-state index is 0.101. The van der Waals surface area contributed by atoms with Crippen LogP contribution in [-0.4, -0.2) is 27.4 Å². The van der Waals surface area contributed by atoms with E-state index in [1.165, 1.54) is 0 Å². The predicted molar refractivity (Wildman–Crippen MR) is 69.9 cm³/mol. The molecule has 2 N–H and O–H groups in total. The van der Waals surface area contributed by atoms with E-state index in [9.17, 15) is 4.79 Å². The van der Waals surface area contributed by atoms with Gasteiger partial charge in [-0.2, -0.15) is 0 Å². The number of aromatic nitrogens is 2. The highest BCUT2D eigenvalue weighted by molar-refractivity contribution is 5.98. The average molecular weight is 244 g/mol. The minimum atomic E-state index is -0.101. The summed E-state index contributed by atoms with van der Waals surface area (Å²) in [7, 11) is 3.64. The number of para-hydroxylation sites is 1. The number of carbonyl (C=O) groups excluding carboxylic acids is 1. The first-order valence-corrected chi connectivity index (χ1v) is 5.65. The number of carbonyl (C=O) groups is 1. The molecule has 2 rings (SSSR count). The average Bonchev–Trinajstić information content (AvgIpc) is 2.75. The number of aryl methyl sites for hydroxylation is 1. The molecule has 5 nitrogen and oxygen atoms in total. The lowest BCUT2D eigenvalue weighted by Gasteiger charge is -2.17. The zero-order valence-corrected chi connectivity index (χ0v) is 10.5. The lowest BCUT2D eigenvalue weighted by atomic mass is 10.1. The van der Waals surface area contributed by atoms with Crippen LogP contribution >= 0.6 is 0 Å². The first-order chi connectivity index (χ1) is 8.59. The molecule has 0 bridgehead atoms. The van der Waals surface area contributed by atoms with Crippen molar-refractivity contribution in [2.45, 2.75) is 6.54 Å². The Morgan fingerprint density at radius 1 is 1.44 bits per heavy atom. The van der Waals surface area contributed by atoms with Gasteiger partial charge in [-0.3, -0.25) is 4.79 Å². The highest BCUT2D eigenvalue weighted by Gasteiger charge is 2.15. The molecule has 5 heteroatoms. The highest BCUT2D eigenvalue weighted by atomic mass is 16.2. The van der Waals surface area contributed by atoms with Crippen LogP contribution in [0.4, 0.5) is 5.69 Å². The summed E-state index contributed by atoms with van der Waals surface area (Å²) in [5, 5.41) is 0. The van der Waals surface area contributed by atoms with Crippen LogP contribution in [0.25, 0.3) is 0 Å². The van der Waals surface area contributed by atoms with Crippen molar-refractivity contribution < 1.29 is 4.79 Å². The number of nitrogens with zero attached hydrogens (tertiary/aromatic N) is 3. The van der Waals surface area contributed by atoms with Crippen molar-refractivity contribution in [3.05, 3.63) is 48.0 Å². The van der Waals surface area contributed by atoms with Crippen molar-refractivity contribution in [1.82, 2.24) is 14.5 Å². The van der Waals surface area contributed by atoms with Gasteiger partial charge in [0.1, 0.15) is 5.82 Å². The van der Waals surface area contributed by atoms with Gasteiger partial charge in [-0.1, -0.05) is 12.1 Å². The maximum Gasteiger partial charge on any atom is 0.256 e. The molecule has 1 aromatic carbocycles. The van der Waals surface area contributed by atoms with Gasteiger partial charge >= 0.3 is 0 Å². The lowest BCUT2D eigenvalue weighted by molar-refractivity contribution is 0.0781. The fourth-order valence-corrected chi connectivity index (χ4v) is 1.73. The van der Waals surface area contributed by atoms with Crippen molar-refractivity contribution in [1.29, 1.82) is 0 Å². The fraction of sp³-hybridized carbons (Fsp3) is 0.231. The Morgan fingerprint density at radius 2 is 2.17 bits per heavy atom. The molecule has 0 unspecified atom stereocenters. The molecular formula is C13H16N4O. The smallest absolute Gasteiger partial charge is 0.256 e. The normalized spacial score (nSPS) is 10.3. The van der Waals surface area contributed by atoms with Crippen LogP contribution in [0.2, 0.25) is 0 Å². The Labute approximate surface area is 106 Å². The number of imidazole rings is 1. The number of anilines is 1. The Morgan fingerprint density at radius 3 is 2.78 bits per heavy atom. The molecule has 1 heterocycles. The number of hydrogen-bond donors (Lipinski definition) is 1. The first kappa shape index (κ1) is 12.2. The maximum absolute atomic E-state index is 12.2. The molecule has 2 aromatic rings. The Balaban J connectivity index is 2.15. The van der Waals surface area contributed by atoms with E-state index in [-0.39, 0.29) is 5.91 Å². The molecular weight excluding hydrogens is 228 g/mol. The van der Waals surface area contributed by atoms with Crippen molar-refractivity contribution in [3.63, 3.8) is 0 Å². The largest absolute Gasteiger partial charge is 0.398 e. The summed E-state index contributed by atoms with van der Waals surface area (Å²) in [6.07, 6.45) is 3.56. The first-order valence-electron chi connectivity index (χ1n) is 5.65. The van der Waals surface area contributed by atoms with Gasteiger partial charge in [0.15, 0.2) is 0 Å². The molecule has 18 heavy (non-hydrogen) atoms. The highest BCUT2D eigenvalue weighted by Crippen LogP contribution is 2.13. The second-order valence-corrected chi connectivity index (χ2v) is 4.20. The van der Waals surface area contributed by atoms with E-state index in [4.69, 9.17) is 5.73 Å². The third-order valence-corrected chi connectivity index (χ3v) is 2.84. The standard InChI is InChI=1S/C13H16N4O/c1-16-8-7-15-12(16)9-17(2)13(18)10-5-3-4-6-11(10)14/h3-8H,9,14H2,1-2H3. The van der Waals surface area contributed by atoms with E-state index in [2.05, 4.69) is 4.98 Å². The molecule has 1 aromatic heterocycles. The Bertz CT molecular complexity index is 562. The zero-order valence-electron chi connectivity index (χ0n) is 10.5. The SMILES string of the molecule is CN(Cc1nccn1C)C(=O)c1ccccc1N. The molecule has 1 amide bonds. The van der Waals surface area contributed by atoms with E-state index in [1.54, 1.807) is 36.3 Å². The molecule has 94 valence electrons. The number of rotatable bonds is 3. The van der Waals surface area contributed by atoms with Gasteiger partial charge in [0, 0.05) is 32.2 Å². The fourth-order valence-electron chi connectivity index (χ4n) is 1.73. The van der Waals surface area contributed by atoms with Crippen molar-refractivity contribution in [3.8, 4) is 0 Å². The van der Waals surface area contributed by atoms with Gasteiger partial charge in [0.25, 0.3) is 5.91 Å². The summed E-state index contributed by atoms with van der Waals surface area (Å²) in [4.78, 5) is 18.0. The second-order valence-electron chi connectivity index (χ2n) is 4.20. The van der Waals surface area contributed by atoms with Crippen LogP contribution in [0, 0.1) is 0 Å². The molecule has 0 radical (unpaired) electrons. The van der Waals surface area contributed by atoms with Crippen LogP contribution in [-0.2, 0) is 13.6 Å². The quantitative estimate of drug-likeness (QED) is 0.827. The third kappa shape index (κ3) is 2.34. The second kappa shape index (κ2) is 4.91. The molecule has 0 aliphatic heterocycles. The van der Waals surface area contributed by atoms with E-state index < -0.39 is 0 Å². The van der Waals surface area contributed by atoms with Crippen molar-refractivity contribution in [2.75, 3.05) is 12.8 Å². The molecule has 0 spiro atoms. The molecule has 0 saturated heterocycles. The molecule has 0 aliphatic rings. The summed E-state index contributed by atoms with van der Waals surface area (Å²) >= 11 is 0. The zero-order chi connectivity index (χ0) is 13.1. The van der Waals surface area contributed by atoms with Crippen LogP contribution < -0.4 is 5.73 Å². The van der Waals surface area contributed by atoms with Gasteiger partial charge < -0.3 is 15.2 Å². The van der Waals surface area contributed by atoms with E-state index >= 15 is 0 Å². The van der Waals surface area contributed by atoms with Crippen molar-refractivity contribution >= 4 is 11.6 Å². The lowest BCUT2D eigenvalue weighted by Crippen LogP contribution is -2.28. The summed E-state index contributed by atoms with van der Waals surface area (Å²) < 4.78 is 1.89. The maximum atomic E-state index is 12.2. The van der Waals surface area contributed by atoms with Gasteiger partial charge in [0.2, 0.25) is 0 Å². The number of benzene rings is 1. The molecule has 0 aliphatic carbocycles. The number of amides is 1. The minimum Gasteiger partial charge on any atom is -0.398 e. The number of nitrogen functional groups attached to an aromatic ring is 1. The van der Waals surface area contributed by atoms with Gasteiger partial charge in [-0.05, 0) is 12.1 Å². The Kier molecular flexibility index (Phi) is 3.32.